The van der Waals surface area contributed by atoms with E-state index in [-0.39, 0.29) is 0 Å². The van der Waals surface area contributed by atoms with Crippen molar-refractivity contribution in [3.63, 3.8) is 0 Å². The normalized spacial score (nSPS) is 15.2. The van der Waals surface area contributed by atoms with E-state index in [4.69, 9.17) is 4.98 Å². The van der Waals surface area contributed by atoms with Gasteiger partial charge in [-0.05, 0) is 55.3 Å². The topological polar surface area (TPSA) is 61.6 Å². The number of hydrogen-bond acceptors (Lipinski definition) is 6. The molecule has 0 saturated carbocycles. The highest BCUT2D eigenvalue weighted by Gasteiger charge is 2.18. The highest BCUT2D eigenvalue weighted by Crippen LogP contribution is 2.26. The van der Waals surface area contributed by atoms with Gasteiger partial charge in [0.05, 0.1) is 11.9 Å². The van der Waals surface area contributed by atoms with Crippen LogP contribution in [0.3, 0.4) is 0 Å². The van der Waals surface area contributed by atoms with Crippen LogP contribution in [0.5, 0.6) is 0 Å². The maximum atomic E-state index is 4.86. The third kappa shape index (κ3) is 3.77. The fraction of sp³-hybridized carbons (Fsp3) is 0.400. The van der Waals surface area contributed by atoms with Crippen molar-refractivity contribution in [2.75, 3.05) is 42.9 Å². The first kappa shape index (κ1) is 20.7. The Kier molecular flexibility index (Phi) is 5.43. The summed E-state index contributed by atoms with van der Waals surface area (Å²) in [5, 5.41) is 4.34. The summed E-state index contributed by atoms with van der Waals surface area (Å²) in [4.78, 5) is 19.0. The number of hydrogen-bond donors (Lipinski definition) is 1. The van der Waals surface area contributed by atoms with Crippen molar-refractivity contribution in [2.24, 2.45) is 0 Å². The molecule has 0 amide bonds. The Morgan fingerprint density at radius 1 is 1.00 bits per heavy atom. The zero-order valence-electron chi connectivity index (χ0n) is 19.3. The van der Waals surface area contributed by atoms with Gasteiger partial charge in [-0.15, -0.1) is 0 Å². The van der Waals surface area contributed by atoms with Crippen LogP contribution >= 0.6 is 0 Å². The number of pyridine rings is 2. The van der Waals surface area contributed by atoms with Gasteiger partial charge >= 0.3 is 0 Å². The van der Waals surface area contributed by atoms with Crippen LogP contribution in [0.25, 0.3) is 16.6 Å². The van der Waals surface area contributed by atoms with Crippen molar-refractivity contribution in [3.05, 3.63) is 54.0 Å². The summed E-state index contributed by atoms with van der Waals surface area (Å²) >= 11 is 0. The van der Waals surface area contributed by atoms with E-state index in [0.717, 1.165) is 55.1 Å². The average molecular weight is 430 g/mol. The van der Waals surface area contributed by atoms with Crippen molar-refractivity contribution in [2.45, 2.75) is 33.6 Å². The van der Waals surface area contributed by atoms with Crippen molar-refractivity contribution in [3.8, 4) is 0 Å². The van der Waals surface area contributed by atoms with E-state index in [1.807, 2.05) is 12.4 Å². The molecule has 0 aromatic carbocycles. The third-order valence-electron chi connectivity index (χ3n) is 6.46. The predicted molar refractivity (Wildman–Crippen MR) is 131 cm³/mol. The maximum Gasteiger partial charge on any atom is 0.230 e. The van der Waals surface area contributed by atoms with Gasteiger partial charge < -0.3 is 15.1 Å². The van der Waals surface area contributed by atoms with Gasteiger partial charge in [0.2, 0.25) is 5.95 Å². The van der Waals surface area contributed by atoms with Crippen molar-refractivity contribution in [1.29, 1.82) is 0 Å². The summed E-state index contributed by atoms with van der Waals surface area (Å²) in [5.41, 5.74) is 5.73. The van der Waals surface area contributed by atoms with Crippen LogP contribution in [0.4, 0.5) is 17.5 Å². The molecule has 1 fully saturated rings. The molecule has 7 heteroatoms. The lowest BCUT2D eigenvalue weighted by Crippen LogP contribution is -2.46. The number of anilines is 3. The maximum absolute atomic E-state index is 4.86. The molecule has 4 aromatic rings. The Bertz CT molecular complexity index is 1250. The van der Waals surface area contributed by atoms with Crippen LogP contribution in [0.15, 0.2) is 42.7 Å². The first-order valence-electron chi connectivity index (χ1n) is 11.5. The Labute approximate surface area is 189 Å². The third-order valence-corrected chi connectivity index (χ3v) is 6.46. The molecule has 166 valence electrons. The summed E-state index contributed by atoms with van der Waals surface area (Å²) in [6, 6.07) is 10.6. The molecule has 0 aliphatic carbocycles. The van der Waals surface area contributed by atoms with Gasteiger partial charge in [-0.2, -0.15) is 4.98 Å². The molecule has 1 aliphatic heterocycles. The monoisotopic (exact) mass is 429 g/mol. The summed E-state index contributed by atoms with van der Waals surface area (Å²) in [5.74, 6) is 1.73. The number of fused-ring (bicyclic) bond motifs is 3. The lowest BCUT2D eigenvalue weighted by molar-refractivity contribution is 0.271. The lowest BCUT2D eigenvalue weighted by Gasteiger charge is -2.36. The van der Waals surface area contributed by atoms with Crippen LogP contribution in [0, 0.1) is 6.92 Å². The van der Waals surface area contributed by atoms with Crippen LogP contribution in [-0.2, 0) is 0 Å². The van der Waals surface area contributed by atoms with Crippen LogP contribution in [0.1, 0.15) is 37.9 Å². The Morgan fingerprint density at radius 3 is 2.50 bits per heavy atom. The molecular weight excluding hydrogens is 398 g/mol. The van der Waals surface area contributed by atoms with E-state index >= 15 is 0 Å². The molecular formula is C25H31N7. The van der Waals surface area contributed by atoms with Crippen LogP contribution < -0.4 is 10.2 Å². The summed E-state index contributed by atoms with van der Waals surface area (Å²) in [6.07, 6.45) is 3.85. The van der Waals surface area contributed by atoms with E-state index in [0.29, 0.717) is 11.9 Å². The van der Waals surface area contributed by atoms with Crippen molar-refractivity contribution in [1.82, 2.24) is 24.3 Å². The minimum Gasteiger partial charge on any atom is -0.368 e. The number of aromatic nitrogens is 4. The second-order valence-electron chi connectivity index (χ2n) is 8.88. The highest BCUT2D eigenvalue weighted by atomic mass is 15.3. The fourth-order valence-corrected chi connectivity index (χ4v) is 4.58. The molecule has 0 radical (unpaired) electrons. The van der Waals surface area contributed by atoms with Gasteiger partial charge in [0.15, 0.2) is 0 Å². The van der Waals surface area contributed by atoms with Crippen molar-refractivity contribution < 1.29 is 0 Å². The van der Waals surface area contributed by atoms with E-state index in [1.54, 1.807) is 0 Å². The second kappa shape index (κ2) is 8.39. The summed E-state index contributed by atoms with van der Waals surface area (Å²) in [7, 11) is 0. The number of likely N-dealkylation sites (N-methyl/N-ethyl adjacent to an activating group) is 1. The fourth-order valence-electron chi connectivity index (χ4n) is 4.58. The summed E-state index contributed by atoms with van der Waals surface area (Å²) < 4.78 is 2.23. The highest BCUT2D eigenvalue weighted by molar-refractivity contribution is 5.80. The van der Waals surface area contributed by atoms with Gasteiger partial charge in [-0.25, -0.2) is 9.97 Å². The smallest absolute Gasteiger partial charge is 0.230 e. The van der Waals surface area contributed by atoms with Crippen LogP contribution in [-0.4, -0.2) is 57.0 Å². The lowest BCUT2D eigenvalue weighted by atomic mass is 10.1. The Hall–Kier alpha value is -3.19. The first-order valence-corrected chi connectivity index (χ1v) is 11.5. The molecule has 5 rings (SSSR count). The quantitative estimate of drug-likeness (QED) is 0.500. The van der Waals surface area contributed by atoms with Gasteiger partial charge in [0.1, 0.15) is 11.5 Å². The second-order valence-corrected chi connectivity index (χ2v) is 8.88. The van der Waals surface area contributed by atoms with Gasteiger partial charge in [-0.1, -0.05) is 20.8 Å². The first-order chi connectivity index (χ1) is 15.5. The molecule has 0 atom stereocenters. The zero-order chi connectivity index (χ0) is 22.2. The molecule has 1 saturated heterocycles. The number of piperazine rings is 1. The summed E-state index contributed by atoms with van der Waals surface area (Å²) in [6.45, 7) is 14.2. The number of nitrogens with zero attached hydrogens (tertiary/aromatic N) is 6. The molecule has 7 nitrogen and oxygen atoms in total. The van der Waals surface area contributed by atoms with Gasteiger partial charge in [0.25, 0.3) is 0 Å². The largest absolute Gasteiger partial charge is 0.368 e. The molecule has 1 N–H and O–H groups in total. The van der Waals surface area contributed by atoms with Crippen LogP contribution in [0.2, 0.25) is 0 Å². The molecule has 1 aliphatic rings. The zero-order valence-corrected chi connectivity index (χ0v) is 19.3. The molecule has 4 aromatic heterocycles. The average Bonchev–Trinajstić information content (AvgIpc) is 3.24. The number of aryl methyl sites for hydroxylation is 1. The molecule has 0 spiro atoms. The van der Waals surface area contributed by atoms with Crippen molar-refractivity contribution >= 4 is 34.0 Å². The molecule has 32 heavy (non-hydrogen) atoms. The van der Waals surface area contributed by atoms with E-state index in [2.05, 4.69) is 87.5 Å². The Morgan fingerprint density at radius 2 is 1.78 bits per heavy atom. The van der Waals surface area contributed by atoms with E-state index < -0.39 is 0 Å². The molecule has 5 heterocycles. The van der Waals surface area contributed by atoms with E-state index in [9.17, 15) is 0 Å². The van der Waals surface area contributed by atoms with E-state index in [1.165, 1.54) is 16.9 Å². The molecule has 0 unspecified atom stereocenters. The van der Waals surface area contributed by atoms with Gasteiger partial charge in [0, 0.05) is 49.0 Å². The minimum absolute atomic E-state index is 0.408. The standard InChI is InChI=1S/C25H31N7/c1-5-30-10-12-31(13-11-30)22-16-26-23(14-18(22)4)28-25-27-15-19-6-7-20-8-9-21(17(2)3)32(20)24(19)29-25/h6-9,14-17H,5,10-13H2,1-4H3,(H,26,27,28,29). The minimum atomic E-state index is 0.408. The Balaban J connectivity index is 1.42. The number of rotatable bonds is 5. The SMILES string of the molecule is CCN1CCN(c2cnc(Nc3ncc4ccc5ccc(C(C)C)n5c4n3)cc2C)CC1. The van der Waals surface area contributed by atoms with Gasteiger partial charge in [-0.3, -0.25) is 4.40 Å². The predicted octanol–water partition coefficient (Wildman–Crippen LogP) is 4.59. The number of nitrogens with one attached hydrogen (secondary N) is 1. The molecule has 0 bridgehead atoms.